The molecular weight excluding hydrogens is 425 g/mol. The van der Waals surface area contributed by atoms with Crippen LogP contribution in [0.2, 0.25) is 0 Å². The van der Waals surface area contributed by atoms with Crippen LogP contribution in [0.1, 0.15) is 78.8 Å². The Morgan fingerprint density at radius 1 is 1.09 bits per heavy atom. The fraction of sp³-hybridized carbons (Fsp3) is 0.458. The quantitative estimate of drug-likeness (QED) is 0.700. The molecule has 9 heteroatoms. The molecule has 1 unspecified atom stereocenters. The summed E-state index contributed by atoms with van der Waals surface area (Å²) in [6, 6.07) is 3.99. The van der Waals surface area contributed by atoms with E-state index in [1.807, 2.05) is 13.8 Å². The second-order valence-electron chi connectivity index (χ2n) is 9.08. The van der Waals surface area contributed by atoms with Gasteiger partial charge in [-0.2, -0.15) is 0 Å². The van der Waals surface area contributed by atoms with Gasteiger partial charge in [-0.05, 0) is 58.6 Å². The number of likely N-dealkylation sites (tertiary alicyclic amines) is 1. The molecule has 33 heavy (non-hydrogen) atoms. The summed E-state index contributed by atoms with van der Waals surface area (Å²) >= 11 is 0. The molecule has 8 nitrogen and oxygen atoms in total. The fourth-order valence-corrected chi connectivity index (χ4v) is 4.41. The van der Waals surface area contributed by atoms with E-state index in [0.717, 1.165) is 12.8 Å². The highest BCUT2D eigenvalue weighted by molar-refractivity contribution is 6.00. The van der Waals surface area contributed by atoms with Gasteiger partial charge in [-0.1, -0.05) is 6.07 Å². The van der Waals surface area contributed by atoms with Crippen molar-refractivity contribution in [1.29, 1.82) is 0 Å². The molecule has 2 N–H and O–H groups in total. The van der Waals surface area contributed by atoms with Gasteiger partial charge in [0.05, 0.1) is 11.6 Å². The molecule has 0 bridgehead atoms. The molecule has 1 aliphatic carbocycles. The number of halogens is 1. The Balaban J connectivity index is 1.42. The molecule has 1 aromatic carbocycles. The van der Waals surface area contributed by atoms with Crippen LogP contribution in [0.4, 0.5) is 4.39 Å². The predicted molar refractivity (Wildman–Crippen MR) is 119 cm³/mol. The smallest absolute Gasteiger partial charge is 0.255 e. The highest BCUT2D eigenvalue weighted by Crippen LogP contribution is 2.36. The molecule has 2 aromatic rings. The Morgan fingerprint density at radius 2 is 1.73 bits per heavy atom. The number of rotatable bonds is 6. The van der Waals surface area contributed by atoms with Gasteiger partial charge in [0.2, 0.25) is 5.91 Å². The summed E-state index contributed by atoms with van der Waals surface area (Å²) in [5.74, 6) is -1.54. The minimum absolute atomic E-state index is 0.126. The van der Waals surface area contributed by atoms with Gasteiger partial charge in [-0.15, -0.1) is 0 Å². The van der Waals surface area contributed by atoms with Gasteiger partial charge in [-0.25, -0.2) is 14.4 Å². The van der Waals surface area contributed by atoms with Gasteiger partial charge in [0.25, 0.3) is 11.8 Å². The fourth-order valence-electron chi connectivity index (χ4n) is 4.41. The number of benzene rings is 1. The van der Waals surface area contributed by atoms with E-state index in [9.17, 15) is 18.8 Å². The third-order valence-electron chi connectivity index (χ3n) is 6.61. The van der Waals surface area contributed by atoms with Crippen molar-refractivity contribution >= 4 is 17.7 Å². The Morgan fingerprint density at radius 3 is 2.30 bits per heavy atom. The summed E-state index contributed by atoms with van der Waals surface area (Å²) < 4.78 is 14.9. The predicted octanol–water partition coefficient (Wildman–Crippen LogP) is 2.77. The van der Waals surface area contributed by atoms with Crippen molar-refractivity contribution in [2.45, 2.75) is 70.1 Å². The number of hydrogen-bond donors (Lipinski definition) is 2. The minimum Gasteiger partial charge on any atom is -0.347 e. The molecule has 3 atom stereocenters. The summed E-state index contributed by atoms with van der Waals surface area (Å²) in [4.78, 5) is 47.6. The van der Waals surface area contributed by atoms with Crippen LogP contribution < -0.4 is 10.6 Å². The van der Waals surface area contributed by atoms with E-state index in [2.05, 4.69) is 20.6 Å². The third-order valence-corrected chi connectivity index (χ3v) is 6.61. The van der Waals surface area contributed by atoms with E-state index in [-0.39, 0.29) is 35.0 Å². The topological polar surface area (TPSA) is 104 Å². The van der Waals surface area contributed by atoms with E-state index in [4.69, 9.17) is 0 Å². The van der Waals surface area contributed by atoms with E-state index >= 15 is 0 Å². The lowest BCUT2D eigenvalue weighted by Gasteiger charge is -2.26. The van der Waals surface area contributed by atoms with Crippen molar-refractivity contribution in [1.82, 2.24) is 25.5 Å². The highest BCUT2D eigenvalue weighted by atomic mass is 19.1. The standard InChI is InChI=1S/C24H28FN5O3/c1-14-4-5-15(2)30(14)22(32)17-6-7-19(20(25)10-17)16(3)28-23(33)24(8-9-24)29-21(31)18-11-26-13-27-12-18/h6-7,10-16H,4-5,8-9H2,1-3H3,(H,28,33)(H,29,31)/t14-,15-,16?/m0/s1. The molecule has 0 radical (unpaired) electrons. The normalized spacial score (nSPS) is 21.9. The van der Waals surface area contributed by atoms with Crippen LogP contribution in [-0.4, -0.2) is 50.2 Å². The molecule has 3 amide bonds. The zero-order chi connectivity index (χ0) is 23.8. The Bertz CT molecular complexity index is 1060. The summed E-state index contributed by atoms with van der Waals surface area (Å²) in [7, 11) is 0. The lowest BCUT2D eigenvalue weighted by atomic mass is 10.0. The Labute approximate surface area is 192 Å². The summed E-state index contributed by atoms with van der Waals surface area (Å²) in [5, 5.41) is 5.54. The number of nitrogens with zero attached hydrogens (tertiary/aromatic N) is 3. The van der Waals surface area contributed by atoms with Crippen LogP contribution in [0.3, 0.4) is 0 Å². The highest BCUT2D eigenvalue weighted by Gasteiger charge is 2.51. The first-order valence-corrected chi connectivity index (χ1v) is 11.2. The summed E-state index contributed by atoms with van der Waals surface area (Å²) in [5.41, 5.74) is -0.180. The molecular formula is C24H28FN5O3. The van der Waals surface area contributed by atoms with Crippen molar-refractivity contribution in [3.63, 3.8) is 0 Å². The summed E-state index contributed by atoms with van der Waals surface area (Å²) in [6.45, 7) is 5.67. The maximum Gasteiger partial charge on any atom is 0.255 e. The zero-order valence-electron chi connectivity index (χ0n) is 19.0. The van der Waals surface area contributed by atoms with Gasteiger partial charge in [-0.3, -0.25) is 14.4 Å². The van der Waals surface area contributed by atoms with Crippen molar-refractivity contribution < 1.29 is 18.8 Å². The molecule has 0 spiro atoms. The molecule has 2 fully saturated rings. The van der Waals surface area contributed by atoms with Crippen LogP contribution in [0.5, 0.6) is 0 Å². The van der Waals surface area contributed by atoms with Crippen molar-refractivity contribution in [3.05, 3.63) is 59.4 Å². The lowest BCUT2D eigenvalue weighted by molar-refractivity contribution is -0.124. The molecule has 1 aromatic heterocycles. The Hall–Kier alpha value is -3.36. The number of amides is 3. The van der Waals surface area contributed by atoms with E-state index in [1.165, 1.54) is 24.8 Å². The van der Waals surface area contributed by atoms with Gasteiger partial charge >= 0.3 is 0 Å². The number of carbonyl (C=O) groups excluding carboxylic acids is 3. The first kappa shape index (κ1) is 22.8. The second-order valence-corrected chi connectivity index (χ2v) is 9.08. The van der Waals surface area contributed by atoms with E-state index in [1.54, 1.807) is 24.0 Å². The maximum atomic E-state index is 14.9. The molecule has 4 rings (SSSR count). The molecule has 1 aliphatic heterocycles. The molecule has 2 heterocycles. The van der Waals surface area contributed by atoms with Gasteiger partial charge in [0.1, 0.15) is 17.7 Å². The van der Waals surface area contributed by atoms with Gasteiger partial charge < -0.3 is 15.5 Å². The van der Waals surface area contributed by atoms with Crippen molar-refractivity contribution in [3.8, 4) is 0 Å². The van der Waals surface area contributed by atoms with E-state index in [0.29, 0.717) is 18.4 Å². The Kier molecular flexibility index (Phi) is 6.14. The second kappa shape index (κ2) is 8.88. The third kappa shape index (κ3) is 4.58. The maximum absolute atomic E-state index is 14.9. The largest absolute Gasteiger partial charge is 0.347 e. The lowest BCUT2D eigenvalue weighted by Crippen LogP contribution is -2.49. The van der Waals surface area contributed by atoms with Crippen molar-refractivity contribution in [2.24, 2.45) is 0 Å². The number of hydrogen-bond acceptors (Lipinski definition) is 5. The average Bonchev–Trinajstić information content (AvgIpc) is 3.51. The monoisotopic (exact) mass is 453 g/mol. The number of nitrogens with one attached hydrogen (secondary N) is 2. The number of carbonyl (C=O) groups is 3. The minimum atomic E-state index is -1.02. The molecule has 174 valence electrons. The molecule has 1 saturated carbocycles. The first-order valence-electron chi connectivity index (χ1n) is 11.2. The zero-order valence-corrected chi connectivity index (χ0v) is 19.0. The van der Waals surface area contributed by atoms with Crippen molar-refractivity contribution in [2.75, 3.05) is 0 Å². The van der Waals surface area contributed by atoms with Crippen LogP contribution in [0.15, 0.2) is 36.9 Å². The average molecular weight is 454 g/mol. The van der Waals surface area contributed by atoms with Gasteiger partial charge in [0.15, 0.2) is 0 Å². The first-order chi connectivity index (χ1) is 15.7. The SMILES string of the molecule is CC(NC(=O)C1(NC(=O)c2cncnc2)CC1)c1ccc(C(=O)N2[C@@H](C)CC[C@@H]2C)cc1F. The summed E-state index contributed by atoms with van der Waals surface area (Å²) in [6.07, 6.45) is 6.93. The molecule has 1 saturated heterocycles. The number of aromatic nitrogens is 2. The molecule has 2 aliphatic rings. The van der Waals surface area contributed by atoms with Crippen LogP contribution in [0.25, 0.3) is 0 Å². The van der Waals surface area contributed by atoms with Gasteiger partial charge in [0, 0.05) is 35.6 Å². The van der Waals surface area contributed by atoms with Crippen LogP contribution in [0, 0.1) is 5.82 Å². The van der Waals surface area contributed by atoms with Crippen LogP contribution >= 0.6 is 0 Å². The van der Waals surface area contributed by atoms with Crippen LogP contribution in [-0.2, 0) is 4.79 Å². The van der Waals surface area contributed by atoms with E-state index < -0.39 is 23.3 Å².